The Kier molecular flexibility index (Phi) is 1.85. The van der Waals surface area contributed by atoms with Gasteiger partial charge >= 0.3 is 0 Å². The van der Waals surface area contributed by atoms with Crippen molar-refractivity contribution in [1.29, 1.82) is 0 Å². The lowest BCUT2D eigenvalue weighted by molar-refractivity contribution is -0.130. The van der Waals surface area contributed by atoms with Gasteiger partial charge in [-0.2, -0.15) is 0 Å². The molecule has 0 bridgehead atoms. The molecule has 1 aliphatic heterocycles. The molecule has 1 aliphatic carbocycles. The van der Waals surface area contributed by atoms with Gasteiger partial charge in [0.25, 0.3) is 0 Å². The lowest BCUT2D eigenvalue weighted by atomic mass is 10.1. The molecule has 1 heterocycles. The van der Waals surface area contributed by atoms with E-state index in [1.54, 1.807) is 6.92 Å². The molecule has 1 saturated carbocycles. The number of piperidine rings is 1. The van der Waals surface area contributed by atoms with Gasteiger partial charge in [0.2, 0.25) is 5.91 Å². The van der Waals surface area contributed by atoms with E-state index in [2.05, 4.69) is 11.8 Å². The van der Waals surface area contributed by atoms with E-state index < -0.39 is 0 Å². The second-order valence-electron chi connectivity index (χ2n) is 4.19. The van der Waals surface area contributed by atoms with Crippen molar-refractivity contribution >= 4 is 5.91 Å². The number of hydrogen-bond acceptors (Lipinski definition) is 1. The second kappa shape index (κ2) is 2.75. The van der Waals surface area contributed by atoms with E-state index in [4.69, 9.17) is 0 Å². The molecule has 1 saturated heterocycles. The molecule has 2 rings (SSSR count). The largest absolute Gasteiger partial charge is 0.339 e. The van der Waals surface area contributed by atoms with Crippen molar-refractivity contribution in [3.8, 4) is 0 Å². The maximum Gasteiger partial charge on any atom is 0.219 e. The average molecular weight is 167 g/mol. The molecule has 0 radical (unpaired) electrons. The lowest BCUT2D eigenvalue weighted by Gasteiger charge is -2.25. The molecule has 2 aliphatic rings. The zero-order valence-electron chi connectivity index (χ0n) is 7.92. The third kappa shape index (κ3) is 1.13. The number of likely N-dealkylation sites (tertiary alicyclic amines) is 1. The Bertz CT molecular complexity index is 202. The van der Waals surface area contributed by atoms with Gasteiger partial charge < -0.3 is 4.90 Å². The van der Waals surface area contributed by atoms with E-state index in [1.165, 1.54) is 19.3 Å². The maximum atomic E-state index is 11.2. The van der Waals surface area contributed by atoms with Gasteiger partial charge in [-0.3, -0.25) is 4.79 Å². The first-order chi connectivity index (χ1) is 5.74. The van der Waals surface area contributed by atoms with Crippen LogP contribution in [0.2, 0.25) is 0 Å². The standard InChI is InChI=1S/C10H17NO/c1-3-4-10-9-5-8(9)6-11(10)7(2)12/h8-10H,3-6H2,1-2H3. The first kappa shape index (κ1) is 8.09. The van der Waals surface area contributed by atoms with Crippen LogP contribution in [0.5, 0.6) is 0 Å². The monoisotopic (exact) mass is 167 g/mol. The van der Waals surface area contributed by atoms with Crippen LogP contribution in [0, 0.1) is 11.8 Å². The molecule has 3 atom stereocenters. The molecule has 0 aromatic heterocycles. The molecule has 3 unspecified atom stereocenters. The van der Waals surface area contributed by atoms with Crippen LogP contribution >= 0.6 is 0 Å². The van der Waals surface area contributed by atoms with Gasteiger partial charge in [-0.05, 0) is 24.7 Å². The third-order valence-electron chi connectivity index (χ3n) is 3.29. The number of amides is 1. The first-order valence-electron chi connectivity index (χ1n) is 5.01. The summed E-state index contributed by atoms with van der Waals surface area (Å²) in [6, 6.07) is 0.595. The Labute approximate surface area is 73.9 Å². The molecule has 68 valence electrons. The van der Waals surface area contributed by atoms with Crippen molar-refractivity contribution in [3.63, 3.8) is 0 Å². The molecule has 1 amide bonds. The summed E-state index contributed by atoms with van der Waals surface area (Å²) in [7, 11) is 0. The first-order valence-corrected chi connectivity index (χ1v) is 5.01. The maximum absolute atomic E-state index is 11.2. The molecule has 2 nitrogen and oxygen atoms in total. The highest BCUT2D eigenvalue weighted by Crippen LogP contribution is 2.50. The minimum atomic E-state index is 0.278. The van der Waals surface area contributed by atoms with Gasteiger partial charge in [-0.15, -0.1) is 0 Å². The van der Waals surface area contributed by atoms with Gasteiger partial charge in [0.15, 0.2) is 0 Å². The summed E-state index contributed by atoms with van der Waals surface area (Å²) in [4.78, 5) is 13.3. The topological polar surface area (TPSA) is 20.3 Å². The number of nitrogens with zero attached hydrogens (tertiary/aromatic N) is 1. The zero-order chi connectivity index (χ0) is 8.72. The third-order valence-corrected chi connectivity index (χ3v) is 3.29. The van der Waals surface area contributed by atoms with Crippen LogP contribution in [0.4, 0.5) is 0 Å². The average Bonchev–Trinajstić information content (AvgIpc) is 2.69. The highest BCUT2D eigenvalue weighted by molar-refractivity contribution is 5.74. The minimum Gasteiger partial charge on any atom is -0.339 e. The van der Waals surface area contributed by atoms with Crippen molar-refractivity contribution in [2.75, 3.05) is 6.54 Å². The van der Waals surface area contributed by atoms with Gasteiger partial charge in [0.05, 0.1) is 0 Å². The fourth-order valence-electron chi connectivity index (χ4n) is 2.60. The lowest BCUT2D eigenvalue weighted by Crippen LogP contribution is -2.36. The minimum absolute atomic E-state index is 0.278. The highest BCUT2D eigenvalue weighted by atomic mass is 16.2. The second-order valence-corrected chi connectivity index (χ2v) is 4.19. The van der Waals surface area contributed by atoms with Crippen molar-refractivity contribution < 1.29 is 4.79 Å². The summed E-state index contributed by atoms with van der Waals surface area (Å²) < 4.78 is 0. The fourth-order valence-corrected chi connectivity index (χ4v) is 2.60. The van der Waals surface area contributed by atoms with Gasteiger partial charge in [-0.25, -0.2) is 0 Å². The number of fused-ring (bicyclic) bond motifs is 1. The van der Waals surface area contributed by atoms with E-state index in [1.807, 2.05) is 0 Å². The Hall–Kier alpha value is -0.530. The Morgan fingerprint density at radius 2 is 2.33 bits per heavy atom. The molecule has 0 N–H and O–H groups in total. The van der Waals surface area contributed by atoms with Crippen LogP contribution < -0.4 is 0 Å². The Morgan fingerprint density at radius 3 is 2.92 bits per heavy atom. The van der Waals surface area contributed by atoms with Crippen LogP contribution in [-0.2, 0) is 4.79 Å². The van der Waals surface area contributed by atoms with Crippen LogP contribution in [0.25, 0.3) is 0 Å². The molecule has 0 aromatic rings. The van der Waals surface area contributed by atoms with Crippen molar-refractivity contribution in [2.24, 2.45) is 11.8 Å². The van der Waals surface area contributed by atoms with Gasteiger partial charge in [0.1, 0.15) is 0 Å². The van der Waals surface area contributed by atoms with Crippen molar-refractivity contribution in [3.05, 3.63) is 0 Å². The quantitative estimate of drug-likeness (QED) is 0.612. The summed E-state index contributed by atoms with van der Waals surface area (Å²) in [5, 5.41) is 0. The summed E-state index contributed by atoms with van der Waals surface area (Å²) in [6.45, 7) is 4.95. The Morgan fingerprint density at radius 1 is 1.58 bits per heavy atom. The Balaban J connectivity index is 2.01. The number of rotatable bonds is 2. The van der Waals surface area contributed by atoms with E-state index >= 15 is 0 Å². The van der Waals surface area contributed by atoms with Crippen LogP contribution in [0.1, 0.15) is 33.1 Å². The van der Waals surface area contributed by atoms with E-state index in [9.17, 15) is 4.79 Å². The van der Waals surface area contributed by atoms with E-state index in [0.717, 1.165) is 18.4 Å². The van der Waals surface area contributed by atoms with E-state index in [-0.39, 0.29) is 5.91 Å². The predicted octanol–water partition coefficient (Wildman–Crippen LogP) is 1.65. The molecular weight excluding hydrogens is 150 g/mol. The summed E-state index contributed by atoms with van der Waals surface area (Å²) in [5.74, 6) is 2.01. The van der Waals surface area contributed by atoms with Crippen molar-refractivity contribution in [1.82, 2.24) is 4.90 Å². The number of hydrogen-bond donors (Lipinski definition) is 0. The number of carbonyl (C=O) groups is 1. The van der Waals surface area contributed by atoms with E-state index in [0.29, 0.717) is 6.04 Å². The molecule has 0 spiro atoms. The zero-order valence-corrected chi connectivity index (χ0v) is 7.92. The van der Waals surface area contributed by atoms with Crippen LogP contribution in [0.15, 0.2) is 0 Å². The SMILES string of the molecule is CCCC1C2CC2CN1C(C)=O. The summed E-state index contributed by atoms with van der Waals surface area (Å²) in [6.07, 6.45) is 3.80. The molecule has 2 fully saturated rings. The molecule has 12 heavy (non-hydrogen) atoms. The smallest absolute Gasteiger partial charge is 0.219 e. The van der Waals surface area contributed by atoms with Gasteiger partial charge in [-0.1, -0.05) is 13.3 Å². The highest BCUT2D eigenvalue weighted by Gasteiger charge is 2.52. The normalized spacial score (nSPS) is 38.2. The van der Waals surface area contributed by atoms with Crippen molar-refractivity contribution in [2.45, 2.75) is 39.2 Å². The van der Waals surface area contributed by atoms with Gasteiger partial charge in [0, 0.05) is 19.5 Å². The van der Waals surface area contributed by atoms with Crippen LogP contribution in [0.3, 0.4) is 0 Å². The fraction of sp³-hybridized carbons (Fsp3) is 0.900. The summed E-state index contributed by atoms with van der Waals surface area (Å²) in [5.41, 5.74) is 0. The molecule has 0 aromatic carbocycles. The predicted molar refractivity (Wildman–Crippen MR) is 47.7 cm³/mol. The molecule has 2 heteroatoms. The number of carbonyl (C=O) groups excluding carboxylic acids is 1. The molecular formula is C10H17NO. The van der Waals surface area contributed by atoms with Crippen LogP contribution in [-0.4, -0.2) is 23.4 Å². The summed E-state index contributed by atoms with van der Waals surface area (Å²) >= 11 is 0.